The number of aliphatic hydroxyl groups excluding tert-OH is 1. The van der Waals surface area contributed by atoms with Gasteiger partial charge in [-0.05, 0) is 19.1 Å². The SMILES string of the molecule is Cc1nnc(COc2ccccc2S(=O)(=O)N2CC(CO)C2)s1. The highest BCUT2D eigenvalue weighted by atomic mass is 32.2. The molecule has 0 aliphatic carbocycles. The number of rotatable bonds is 6. The van der Waals surface area contributed by atoms with Gasteiger partial charge in [0.2, 0.25) is 10.0 Å². The number of ether oxygens (including phenoxy) is 1. The molecular weight excluding hydrogens is 338 g/mol. The zero-order valence-electron chi connectivity index (χ0n) is 12.5. The molecule has 0 radical (unpaired) electrons. The van der Waals surface area contributed by atoms with Crippen LogP contribution in [0, 0.1) is 12.8 Å². The summed E-state index contributed by atoms with van der Waals surface area (Å²) in [6.07, 6.45) is 0. The fourth-order valence-electron chi connectivity index (χ4n) is 2.29. The lowest BCUT2D eigenvalue weighted by Crippen LogP contribution is -2.51. The number of nitrogens with zero attached hydrogens (tertiary/aromatic N) is 3. The first kappa shape index (κ1) is 16.3. The number of aliphatic hydroxyl groups is 1. The number of aromatic nitrogens is 2. The number of aryl methyl sites for hydroxylation is 1. The van der Waals surface area contributed by atoms with Gasteiger partial charge in [-0.1, -0.05) is 23.5 Å². The summed E-state index contributed by atoms with van der Waals surface area (Å²) in [6, 6.07) is 6.55. The van der Waals surface area contributed by atoms with E-state index < -0.39 is 10.0 Å². The van der Waals surface area contributed by atoms with E-state index in [1.165, 1.54) is 21.7 Å². The summed E-state index contributed by atoms with van der Waals surface area (Å²) in [5, 5.41) is 18.4. The molecular formula is C14H17N3O4S2. The predicted octanol–water partition coefficient (Wildman–Crippen LogP) is 1.04. The molecule has 1 aliphatic heterocycles. The molecule has 2 aromatic rings. The van der Waals surface area contributed by atoms with Crippen molar-refractivity contribution in [1.29, 1.82) is 0 Å². The van der Waals surface area contributed by atoms with Crippen molar-refractivity contribution in [3.63, 3.8) is 0 Å². The maximum atomic E-state index is 12.7. The van der Waals surface area contributed by atoms with E-state index in [1.54, 1.807) is 18.2 Å². The molecule has 0 unspecified atom stereocenters. The van der Waals surface area contributed by atoms with Gasteiger partial charge in [-0.25, -0.2) is 8.42 Å². The van der Waals surface area contributed by atoms with Crippen LogP contribution in [-0.2, 0) is 16.6 Å². The van der Waals surface area contributed by atoms with Crippen molar-refractivity contribution in [2.45, 2.75) is 18.4 Å². The Morgan fingerprint density at radius 1 is 1.35 bits per heavy atom. The molecule has 0 saturated carbocycles. The molecule has 9 heteroatoms. The fraction of sp³-hybridized carbons (Fsp3) is 0.429. The van der Waals surface area contributed by atoms with Crippen molar-refractivity contribution in [2.75, 3.05) is 19.7 Å². The largest absolute Gasteiger partial charge is 0.485 e. The van der Waals surface area contributed by atoms with Crippen LogP contribution in [0.2, 0.25) is 0 Å². The van der Waals surface area contributed by atoms with Gasteiger partial charge < -0.3 is 9.84 Å². The van der Waals surface area contributed by atoms with Gasteiger partial charge in [0, 0.05) is 25.6 Å². The van der Waals surface area contributed by atoms with Crippen LogP contribution in [0.3, 0.4) is 0 Å². The minimum atomic E-state index is -3.61. The summed E-state index contributed by atoms with van der Waals surface area (Å²) >= 11 is 1.41. The monoisotopic (exact) mass is 355 g/mol. The molecule has 1 fully saturated rings. The van der Waals surface area contributed by atoms with E-state index in [0.29, 0.717) is 23.8 Å². The molecule has 23 heavy (non-hydrogen) atoms. The second-order valence-corrected chi connectivity index (χ2v) is 8.49. The highest BCUT2D eigenvalue weighted by molar-refractivity contribution is 7.89. The third kappa shape index (κ3) is 3.37. The van der Waals surface area contributed by atoms with Crippen LogP contribution >= 0.6 is 11.3 Å². The first-order chi connectivity index (χ1) is 11.0. The molecule has 1 aromatic heterocycles. The zero-order valence-corrected chi connectivity index (χ0v) is 14.2. The maximum absolute atomic E-state index is 12.7. The summed E-state index contributed by atoms with van der Waals surface area (Å²) in [5.41, 5.74) is 0. The Hall–Kier alpha value is -1.55. The number of benzene rings is 1. The van der Waals surface area contributed by atoms with Crippen LogP contribution in [0.4, 0.5) is 0 Å². The Morgan fingerprint density at radius 2 is 2.09 bits per heavy atom. The molecule has 0 atom stereocenters. The van der Waals surface area contributed by atoms with Gasteiger partial charge in [0.25, 0.3) is 0 Å². The molecule has 3 rings (SSSR count). The molecule has 2 heterocycles. The summed E-state index contributed by atoms with van der Waals surface area (Å²) in [4.78, 5) is 0.137. The smallest absolute Gasteiger partial charge is 0.246 e. The quantitative estimate of drug-likeness (QED) is 0.832. The standard InChI is InChI=1S/C14H17N3O4S2/c1-10-15-16-14(22-10)9-21-12-4-2-3-5-13(12)23(19,20)17-6-11(7-17)8-18/h2-5,11,18H,6-9H2,1H3. The van der Waals surface area contributed by atoms with E-state index in [1.807, 2.05) is 6.92 Å². The lowest BCUT2D eigenvalue weighted by molar-refractivity contribution is 0.117. The first-order valence-corrected chi connectivity index (χ1v) is 9.38. The van der Waals surface area contributed by atoms with Gasteiger partial charge in [-0.2, -0.15) is 4.31 Å². The van der Waals surface area contributed by atoms with Crippen LogP contribution in [0.25, 0.3) is 0 Å². The topological polar surface area (TPSA) is 92.6 Å². The Bertz CT molecular complexity index is 785. The molecule has 0 bridgehead atoms. The minimum absolute atomic E-state index is 0.000561. The normalized spacial score (nSPS) is 16.3. The van der Waals surface area contributed by atoms with Gasteiger partial charge in [-0.3, -0.25) is 0 Å². The second-order valence-electron chi connectivity index (χ2n) is 5.32. The zero-order chi connectivity index (χ0) is 16.4. The molecule has 1 N–H and O–H groups in total. The predicted molar refractivity (Wildman–Crippen MR) is 84.8 cm³/mol. The van der Waals surface area contributed by atoms with E-state index in [0.717, 1.165) is 5.01 Å². The van der Waals surface area contributed by atoms with Crippen molar-refractivity contribution in [3.8, 4) is 5.75 Å². The van der Waals surface area contributed by atoms with E-state index in [4.69, 9.17) is 9.84 Å². The first-order valence-electron chi connectivity index (χ1n) is 7.12. The Kier molecular flexibility index (Phi) is 4.62. The van der Waals surface area contributed by atoms with Crippen LogP contribution in [-0.4, -0.2) is 47.7 Å². The number of hydrogen-bond acceptors (Lipinski definition) is 7. The lowest BCUT2D eigenvalue weighted by Gasteiger charge is -2.37. The van der Waals surface area contributed by atoms with E-state index in [2.05, 4.69) is 10.2 Å². The van der Waals surface area contributed by atoms with Crippen LogP contribution in [0.1, 0.15) is 10.0 Å². The van der Waals surface area contributed by atoms with Gasteiger partial charge in [-0.15, -0.1) is 10.2 Å². The van der Waals surface area contributed by atoms with Gasteiger partial charge in [0.15, 0.2) is 5.01 Å². The molecule has 0 amide bonds. The third-order valence-corrected chi connectivity index (χ3v) is 6.25. The van der Waals surface area contributed by atoms with E-state index >= 15 is 0 Å². The highest BCUT2D eigenvalue weighted by Gasteiger charge is 2.37. The van der Waals surface area contributed by atoms with Crippen molar-refractivity contribution >= 4 is 21.4 Å². The Labute approximate surface area is 138 Å². The molecule has 1 saturated heterocycles. The summed E-state index contributed by atoms with van der Waals surface area (Å²) < 4.78 is 32.3. The van der Waals surface area contributed by atoms with Gasteiger partial charge in [0.1, 0.15) is 22.3 Å². The second kappa shape index (κ2) is 6.52. The molecule has 0 spiro atoms. The molecule has 1 aromatic carbocycles. The summed E-state index contributed by atoms with van der Waals surface area (Å²) in [5.74, 6) is 0.315. The maximum Gasteiger partial charge on any atom is 0.246 e. The number of para-hydroxylation sites is 1. The fourth-order valence-corrected chi connectivity index (χ4v) is 4.64. The van der Waals surface area contributed by atoms with Crippen molar-refractivity contribution in [2.24, 2.45) is 5.92 Å². The molecule has 7 nitrogen and oxygen atoms in total. The number of sulfonamides is 1. The van der Waals surface area contributed by atoms with Crippen molar-refractivity contribution in [1.82, 2.24) is 14.5 Å². The van der Waals surface area contributed by atoms with Crippen LogP contribution in [0.15, 0.2) is 29.2 Å². The lowest BCUT2D eigenvalue weighted by atomic mass is 10.1. The minimum Gasteiger partial charge on any atom is -0.485 e. The average molecular weight is 355 g/mol. The third-order valence-electron chi connectivity index (χ3n) is 3.57. The van der Waals surface area contributed by atoms with Crippen LogP contribution < -0.4 is 4.74 Å². The molecule has 124 valence electrons. The number of hydrogen-bond donors (Lipinski definition) is 1. The average Bonchev–Trinajstić information content (AvgIpc) is 2.90. The van der Waals surface area contributed by atoms with E-state index in [-0.39, 0.29) is 24.0 Å². The van der Waals surface area contributed by atoms with Gasteiger partial charge in [0.05, 0.1) is 0 Å². The van der Waals surface area contributed by atoms with Crippen LogP contribution in [0.5, 0.6) is 5.75 Å². The summed E-state index contributed by atoms with van der Waals surface area (Å²) in [7, 11) is -3.61. The van der Waals surface area contributed by atoms with E-state index in [9.17, 15) is 8.42 Å². The highest BCUT2D eigenvalue weighted by Crippen LogP contribution is 2.31. The Balaban J connectivity index is 1.77. The van der Waals surface area contributed by atoms with Crippen molar-refractivity contribution < 1.29 is 18.3 Å². The molecule has 1 aliphatic rings. The van der Waals surface area contributed by atoms with Gasteiger partial charge >= 0.3 is 0 Å². The summed E-state index contributed by atoms with van der Waals surface area (Å²) in [6.45, 7) is 2.70. The Morgan fingerprint density at radius 3 is 2.74 bits per heavy atom. The van der Waals surface area contributed by atoms with Crippen molar-refractivity contribution in [3.05, 3.63) is 34.3 Å².